The first kappa shape index (κ1) is 15.7. The lowest BCUT2D eigenvalue weighted by Crippen LogP contribution is -2.12. The van der Waals surface area contributed by atoms with Gasteiger partial charge in [0.05, 0.1) is 6.04 Å². The van der Waals surface area contributed by atoms with E-state index in [0.29, 0.717) is 22.4 Å². The predicted molar refractivity (Wildman–Crippen MR) is 84.2 cm³/mol. The molecule has 2 aromatic rings. The van der Waals surface area contributed by atoms with Crippen LogP contribution in [0.3, 0.4) is 0 Å². The summed E-state index contributed by atoms with van der Waals surface area (Å²) in [7, 11) is 0. The summed E-state index contributed by atoms with van der Waals surface area (Å²) in [6.07, 6.45) is 1.71. The van der Waals surface area contributed by atoms with Gasteiger partial charge >= 0.3 is 0 Å². The van der Waals surface area contributed by atoms with Gasteiger partial charge in [-0.1, -0.05) is 36.7 Å². The maximum absolute atomic E-state index is 13.8. The highest BCUT2D eigenvalue weighted by atomic mass is 35.5. The number of halogens is 2. The number of hydrogen-bond acceptors (Lipinski definition) is 3. The summed E-state index contributed by atoms with van der Waals surface area (Å²) >= 11 is 6.15. The van der Waals surface area contributed by atoms with Crippen LogP contribution < -0.4 is 5.32 Å². The molecule has 0 amide bonds. The van der Waals surface area contributed by atoms with Crippen LogP contribution in [0.15, 0.2) is 24.3 Å². The first-order valence-corrected chi connectivity index (χ1v) is 7.44. The maximum Gasteiger partial charge on any atom is 0.137 e. The molecule has 1 unspecified atom stereocenters. The molecule has 0 spiro atoms. The van der Waals surface area contributed by atoms with Crippen molar-refractivity contribution in [2.24, 2.45) is 0 Å². The van der Waals surface area contributed by atoms with Crippen molar-refractivity contribution in [1.82, 2.24) is 9.97 Å². The lowest BCUT2D eigenvalue weighted by molar-refractivity contribution is 0.600. The number of nitrogens with one attached hydrogen (secondary N) is 1. The predicted octanol–water partition coefficient (Wildman–Crippen LogP) is 4.70. The van der Waals surface area contributed by atoms with Gasteiger partial charge < -0.3 is 5.32 Å². The van der Waals surface area contributed by atoms with E-state index in [1.807, 2.05) is 19.9 Å². The molecular weight excluding hydrogens is 289 g/mol. The van der Waals surface area contributed by atoms with Crippen molar-refractivity contribution in [2.45, 2.75) is 39.7 Å². The molecule has 1 heterocycles. The van der Waals surface area contributed by atoms with Crippen LogP contribution in [0.1, 0.15) is 43.3 Å². The van der Waals surface area contributed by atoms with Gasteiger partial charge in [0.1, 0.15) is 22.6 Å². The molecule has 2 rings (SSSR count). The van der Waals surface area contributed by atoms with Crippen LogP contribution in [-0.2, 0) is 6.42 Å². The number of hydrogen-bond donors (Lipinski definition) is 1. The summed E-state index contributed by atoms with van der Waals surface area (Å²) in [6.45, 7) is 5.81. The van der Waals surface area contributed by atoms with Crippen molar-refractivity contribution in [2.75, 3.05) is 5.32 Å². The molecule has 5 heteroatoms. The van der Waals surface area contributed by atoms with E-state index in [0.717, 1.165) is 18.4 Å². The number of aromatic nitrogens is 2. The topological polar surface area (TPSA) is 37.8 Å². The van der Waals surface area contributed by atoms with E-state index in [9.17, 15) is 4.39 Å². The molecule has 0 aliphatic carbocycles. The zero-order valence-electron chi connectivity index (χ0n) is 12.5. The van der Waals surface area contributed by atoms with Crippen LogP contribution in [0, 0.1) is 12.7 Å². The molecule has 0 aliphatic heterocycles. The highest BCUT2D eigenvalue weighted by molar-refractivity contribution is 6.30. The fourth-order valence-corrected chi connectivity index (χ4v) is 2.30. The van der Waals surface area contributed by atoms with E-state index in [4.69, 9.17) is 11.6 Å². The van der Waals surface area contributed by atoms with Gasteiger partial charge in [-0.3, -0.25) is 0 Å². The minimum Gasteiger partial charge on any atom is -0.363 e. The Bertz CT molecular complexity index is 631. The van der Waals surface area contributed by atoms with Gasteiger partial charge in [-0.25, -0.2) is 14.4 Å². The van der Waals surface area contributed by atoms with Gasteiger partial charge in [-0.15, -0.1) is 0 Å². The smallest absolute Gasteiger partial charge is 0.137 e. The molecule has 1 atom stereocenters. The summed E-state index contributed by atoms with van der Waals surface area (Å²) in [4.78, 5) is 8.75. The van der Waals surface area contributed by atoms with E-state index in [2.05, 4.69) is 22.2 Å². The zero-order valence-corrected chi connectivity index (χ0v) is 13.2. The third-order valence-corrected chi connectivity index (χ3v) is 3.70. The van der Waals surface area contributed by atoms with Gasteiger partial charge in [0.2, 0.25) is 0 Å². The summed E-state index contributed by atoms with van der Waals surface area (Å²) in [6, 6.07) is 6.51. The van der Waals surface area contributed by atoms with E-state index < -0.39 is 0 Å². The van der Waals surface area contributed by atoms with Crippen molar-refractivity contribution in [3.63, 3.8) is 0 Å². The minimum atomic E-state index is -0.232. The van der Waals surface area contributed by atoms with E-state index >= 15 is 0 Å². The Labute approximate surface area is 129 Å². The molecule has 1 aromatic heterocycles. The molecule has 21 heavy (non-hydrogen) atoms. The fraction of sp³-hybridized carbons (Fsp3) is 0.375. The highest BCUT2D eigenvalue weighted by Gasteiger charge is 2.14. The highest BCUT2D eigenvalue weighted by Crippen LogP contribution is 2.25. The van der Waals surface area contributed by atoms with Gasteiger partial charge in [0.25, 0.3) is 0 Å². The Morgan fingerprint density at radius 2 is 2.00 bits per heavy atom. The van der Waals surface area contributed by atoms with Crippen molar-refractivity contribution < 1.29 is 4.39 Å². The molecule has 112 valence electrons. The molecule has 0 bridgehead atoms. The average Bonchev–Trinajstić information content (AvgIpc) is 2.45. The van der Waals surface area contributed by atoms with Crippen molar-refractivity contribution >= 4 is 17.4 Å². The second-order valence-corrected chi connectivity index (χ2v) is 5.40. The third kappa shape index (κ3) is 3.70. The Balaban J connectivity index is 2.28. The molecular formula is C16H19ClFN3. The molecule has 0 saturated heterocycles. The van der Waals surface area contributed by atoms with E-state index in [1.54, 1.807) is 12.1 Å². The van der Waals surface area contributed by atoms with Gasteiger partial charge in [0, 0.05) is 17.5 Å². The maximum atomic E-state index is 13.8. The molecule has 1 N–H and O–H groups in total. The summed E-state index contributed by atoms with van der Waals surface area (Å²) in [5, 5.41) is 3.67. The van der Waals surface area contributed by atoms with E-state index in [1.165, 1.54) is 6.07 Å². The quantitative estimate of drug-likeness (QED) is 0.813. The van der Waals surface area contributed by atoms with Crippen LogP contribution in [0.5, 0.6) is 0 Å². The van der Waals surface area contributed by atoms with E-state index in [-0.39, 0.29) is 11.9 Å². The first-order valence-electron chi connectivity index (χ1n) is 7.07. The van der Waals surface area contributed by atoms with Crippen LogP contribution >= 0.6 is 11.6 Å². The number of nitrogens with zero attached hydrogens (tertiary/aromatic N) is 2. The number of rotatable bonds is 5. The number of benzene rings is 1. The Morgan fingerprint density at radius 3 is 2.67 bits per heavy atom. The van der Waals surface area contributed by atoms with Crippen LogP contribution in [0.25, 0.3) is 0 Å². The van der Waals surface area contributed by atoms with Gasteiger partial charge in [-0.05, 0) is 26.3 Å². The molecule has 3 nitrogen and oxygen atoms in total. The monoisotopic (exact) mass is 307 g/mol. The van der Waals surface area contributed by atoms with Crippen molar-refractivity contribution in [3.05, 3.63) is 52.2 Å². The summed E-state index contributed by atoms with van der Waals surface area (Å²) in [5.41, 5.74) is 1.38. The lowest BCUT2D eigenvalue weighted by atomic mass is 10.1. The summed E-state index contributed by atoms with van der Waals surface area (Å²) in [5.74, 6) is 1.13. The molecule has 0 saturated carbocycles. The summed E-state index contributed by atoms with van der Waals surface area (Å²) < 4.78 is 13.8. The molecule has 0 fully saturated rings. The molecule has 0 aliphatic rings. The molecule has 0 radical (unpaired) electrons. The second kappa shape index (κ2) is 6.85. The largest absolute Gasteiger partial charge is 0.363 e. The fourth-order valence-electron chi connectivity index (χ4n) is 2.12. The zero-order chi connectivity index (χ0) is 15.4. The minimum absolute atomic E-state index is 0.203. The standard InChI is InChI=1S/C16H19ClFN3/c1-4-7-14-20-15(17)10(2)16(21-14)19-11(3)12-8-5-6-9-13(12)18/h5-6,8-9,11H,4,7H2,1-3H3,(H,19,20,21). The first-order chi connectivity index (χ1) is 10.0. The normalized spacial score (nSPS) is 12.2. The SMILES string of the molecule is CCCc1nc(Cl)c(C)c(NC(C)c2ccccc2F)n1. The van der Waals surface area contributed by atoms with Gasteiger partial charge in [-0.2, -0.15) is 0 Å². The number of aryl methyl sites for hydroxylation is 1. The average molecular weight is 308 g/mol. The van der Waals surface area contributed by atoms with Crippen LogP contribution in [0.2, 0.25) is 5.15 Å². The van der Waals surface area contributed by atoms with Crippen molar-refractivity contribution in [1.29, 1.82) is 0 Å². The second-order valence-electron chi connectivity index (χ2n) is 5.04. The number of anilines is 1. The lowest BCUT2D eigenvalue weighted by Gasteiger charge is -2.18. The Kier molecular flexibility index (Phi) is 5.12. The molecule has 1 aromatic carbocycles. The Morgan fingerprint density at radius 1 is 1.29 bits per heavy atom. The van der Waals surface area contributed by atoms with Crippen LogP contribution in [0.4, 0.5) is 10.2 Å². The van der Waals surface area contributed by atoms with Crippen LogP contribution in [-0.4, -0.2) is 9.97 Å². The third-order valence-electron chi connectivity index (χ3n) is 3.33. The Hall–Kier alpha value is -1.68. The van der Waals surface area contributed by atoms with Crippen molar-refractivity contribution in [3.8, 4) is 0 Å². The van der Waals surface area contributed by atoms with Gasteiger partial charge in [0.15, 0.2) is 0 Å².